The summed E-state index contributed by atoms with van der Waals surface area (Å²) in [5.41, 5.74) is 1.16. The van der Waals surface area contributed by atoms with E-state index in [1.165, 1.54) is 6.42 Å². The molecule has 1 aliphatic heterocycles. The van der Waals surface area contributed by atoms with Crippen LogP contribution >= 0.6 is 0 Å². The predicted octanol–water partition coefficient (Wildman–Crippen LogP) is 1.39. The van der Waals surface area contributed by atoms with Gasteiger partial charge in [0.25, 0.3) is 0 Å². The third-order valence-corrected chi connectivity index (χ3v) is 4.19. The zero-order chi connectivity index (χ0) is 18.1. The maximum absolute atomic E-state index is 11.6. The molecule has 138 valence electrons. The summed E-state index contributed by atoms with van der Waals surface area (Å²) in [4.78, 5) is 28.5. The number of rotatable bonds is 9. The highest BCUT2D eigenvalue weighted by Gasteiger charge is 2.23. The van der Waals surface area contributed by atoms with Crippen molar-refractivity contribution >= 4 is 12.0 Å². The van der Waals surface area contributed by atoms with E-state index in [1.54, 1.807) is 6.20 Å². The molecule has 1 aromatic rings. The summed E-state index contributed by atoms with van der Waals surface area (Å²) < 4.78 is 5.66. The Bertz CT molecular complexity index is 582. The fourth-order valence-electron chi connectivity index (χ4n) is 2.92. The van der Waals surface area contributed by atoms with Crippen molar-refractivity contribution < 1.29 is 19.4 Å². The van der Waals surface area contributed by atoms with Crippen LogP contribution in [0, 0.1) is 0 Å². The van der Waals surface area contributed by atoms with E-state index in [2.05, 4.69) is 27.6 Å². The van der Waals surface area contributed by atoms with Crippen LogP contribution in [0.2, 0.25) is 0 Å². The molecule has 1 atom stereocenters. The summed E-state index contributed by atoms with van der Waals surface area (Å²) in [7, 11) is 2.12. The maximum atomic E-state index is 11.6. The second kappa shape index (κ2) is 9.83. The van der Waals surface area contributed by atoms with Crippen molar-refractivity contribution in [1.82, 2.24) is 20.5 Å². The van der Waals surface area contributed by atoms with Gasteiger partial charge in [0, 0.05) is 25.2 Å². The molecule has 0 bridgehead atoms. The number of likely N-dealkylation sites (tertiary alicyclic amines) is 1. The Morgan fingerprint density at radius 1 is 1.36 bits per heavy atom. The molecule has 25 heavy (non-hydrogen) atoms. The number of pyridine rings is 1. The van der Waals surface area contributed by atoms with E-state index in [-0.39, 0.29) is 18.9 Å². The summed E-state index contributed by atoms with van der Waals surface area (Å²) in [6, 6.07) is 2.41. The van der Waals surface area contributed by atoms with Gasteiger partial charge in [-0.1, -0.05) is 0 Å². The van der Waals surface area contributed by atoms with Crippen molar-refractivity contribution in [2.75, 3.05) is 33.3 Å². The molecule has 1 saturated heterocycles. The smallest absolute Gasteiger partial charge is 0.404 e. The Kier molecular flexibility index (Phi) is 7.46. The molecule has 0 unspecified atom stereocenters. The molecule has 0 aromatic carbocycles. The molecule has 3 N–H and O–H groups in total. The van der Waals surface area contributed by atoms with Crippen LogP contribution < -0.4 is 15.4 Å². The van der Waals surface area contributed by atoms with Gasteiger partial charge in [0.05, 0.1) is 12.7 Å². The number of nitrogens with one attached hydrogen (secondary N) is 2. The van der Waals surface area contributed by atoms with Crippen LogP contribution in [0.3, 0.4) is 0 Å². The number of amides is 2. The SMILES string of the molecule is CN1CCC[C@H]1c1cncc(OCCNC(=O)CCCNC(=O)O)c1. The lowest BCUT2D eigenvalue weighted by Crippen LogP contribution is -2.29. The molecule has 0 saturated carbocycles. The minimum Gasteiger partial charge on any atom is -0.490 e. The van der Waals surface area contributed by atoms with E-state index in [1.807, 2.05) is 12.3 Å². The Hall–Kier alpha value is -2.35. The molecular weight excluding hydrogens is 324 g/mol. The van der Waals surface area contributed by atoms with E-state index in [4.69, 9.17) is 9.84 Å². The van der Waals surface area contributed by atoms with E-state index in [0.29, 0.717) is 31.4 Å². The molecule has 1 aliphatic rings. The molecular formula is C17H26N4O4. The van der Waals surface area contributed by atoms with Gasteiger partial charge in [0.15, 0.2) is 0 Å². The molecule has 0 aliphatic carbocycles. The number of hydrogen-bond donors (Lipinski definition) is 3. The third-order valence-electron chi connectivity index (χ3n) is 4.19. The van der Waals surface area contributed by atoms with Gasteiger partial charge in [-0.3, -0.25) is 14.7 Å². The highest BCUT2D eigenvalue weighted by molar-refractivity contribution is 5.75. The topological polar surface area (TPSA) is 104 Å². The lowest BCUT2D eigenvalue weighted by molar-refractivity contribution is -0.121. The number of carbonyl (C=O) groups excluding carboxylic acids is 1. The van der Waals surface area contributed by atoms with Crippen molar-refractivity contribution in [1.29, 1.82) is 0 Å². The molecule has 1 fully saturated rings. The average molecular weight is 350 g/mol. The maximum Gasteiger partial charge on any atom is 0.404 e. The van der Waals surface area contributed by atoms with Crippen LogP contribution in [0.15, 0.2) is 18.5 Å². The van der Waals surface area contributed by atoms with Crippen molar-refractivity contribution in [3.63, 3.8) is 0 Å². The Morgan fingerprint density at radius 3 is 2.92 bits per heavy atom. The van der Waals surface area contributed by atoms with E-state index in [0.717, 1.165) is 18.5 Å². The van der Waals surface area contributed by atoms with Crippen LogP contribution in [-0.4, -0.2) is 60.3 Å². The van der Waals surface area contributed by atoms with Crippen LogP contribution in [0.5, 0.6) is 5.75 Å². The van der Waals surface area contributed by atoms with Crippen molar-refractivity contribution in [3.8, 4) is 5.75 Å². The van der Waals surface area contributed by atoms with Crippen LogP contribution in [0.1, 0.15) is 37.3 Å². The summed E-state index contributed by atoms with van der Waals surface area (Å²) in [6.45, 7) is 2.14. The first kappa shape index (κ1) is 19.0. The molecule has 2 heterocycles. The second-order valence-corrected chi connectivity index (χ2v) is 6.13. The second-order valence-electron chi connectivity index (χ2n) is 6.13. The van der Waals surface area contributed by atoms with Crippen molar-refractivity contribution in [2.24, 2.45) is 0 Å². The van der Waals surface area contributed by atoms with Gasteiger partial charge in [0.1, 0.15) is 12.4 Å². The molecule has 2 rings (SSSR count). The lowest BCUT2D eigenvalue weighted by atomic mass is 10.1. The number of hydrogen-bond acceptors (Lipinski definition) is 5. The van der Waals surface area contributed by atoms with Gasteiger partial charge in [-0.2, -0.15) is 0 Å². The summed E-state index contributed by atoms with van der Waals surface area (Å²) in [6.07, 6.45) is 5.57. The van der Waals surface area contributed by atoms with Crippen LogP contribution in [0.4, 0.5) is 4.79 Å². The zero-order valence-electron chi connectivity index (χ0n) is 14.5. The van der Waals surface area contributed by atoms with Crippen molar-refractivity contribution in [3.05, 3.63) is 24.0 Å². The Balaban J connectivity index is 1.65. The molecule has 1 aromatic heterocycles. The summed E-state index contributed by atoms with van der Waals surface area (Å²) >= 11 is 0. The van der Waals surface area contributed by atoms with Gasteiger partial charge in [0.2, 0.25) is 5.91 Å². The fourth-order valence-corrected chi connectivity index (χ4v) is 2.92. The van der Waals surface area contributed by atoms with E-state index < -0.39 is 6.09 Å². The van der Waals surface area contributed by atoms with Crippen molar-refractivity contribution in [2.45, 2.75) is 31.7 Å². The van der Waals surface area contributed by atoms with E-state index in [9.17, 15) is 9.59 Å². The van der Waals surface area contributed by atoms with E-state index >= 15 is 0 Å². The summed E-state index contributed by atoms with van der Waals surface area (Å²) in [5, 5.41) is 13.4. The Labute approximate surface area is 147 Å². The monoisotopic (exact) mass is 350 g/mol. The first-order valence-electron chi connectivity index (χ1n) is 8.57. The zero-order valence-corrected chi connectivity index (χ0v) is 14.5. The van der Waals surface area contributed by atoms with Gasteiger partial charge in [-0.25, -0.2) is 4.79 Å². The number of ether oxygens (including phenoxy) is 1. The fraction of sp³-hybridized carbons (Fsp3) is 0.588. The highest BCUT2D eigenvalue weighted by Crippen LogP contribution is 2.31. The first-order chi connectivity index (χ1) is 12.1. The first-order valence-corrected chi connectivity index (χ1v) is 8.57. The predicted molar refractivity (Wildman–Crippen MR) is 92.6 cm³/mol. The summed E-state index contributed by atoms with van der Waals surface area (Å²) in [5.74, 6) is 0.591. The quantitative estimate of drug-likeness (QED) is 0.582. The number of nitrogens with zero attached hydrogens (tertiary/aromatic N) is 2. The number of carboxylic acid groups (broad SMARTS) is 1. The minimum absolute atomic E-state index is 0.116. The van der Waals surface area contributed by atoms with Gasteiger partial charge in [-0.05, 0) is 44.5 Å². The average Bonchev–Trinajstić information content (AvgIpc) is 3.02. The third kappa shape index (κ3) is 6.58. The van der Waals surface area contributed by atoms with Gasteiger partial charge in [-0.15, -0.1) is 0 Å². The van der Waals surface area contributed by atoms with Crippen LogP contribution in [-0.2, 0) is 4.79 Å². The molecule has 8 heteroatoms. The van der Waals surface area contributed by atoms with Crippen LogP contribution in [0.25, 0.3) is 0 Å². The Morgan fingerprint density at radius 2 is 2.20 bits per heavy atom. The normalized spacial score (nSPS) is 17.2. The molecule has 8 nitrogen and oxygen atoms in total. The highest BCUT2D eigenvalue weighted by atomic mass is 16.5. The van der Waals surface area contributed by atoms with Gasteiger partial charge >= 0.3 is 6.09 Å². The minimum atomic E-state index is -1.08. The lowest BCUT2D eigenvalue weighted by Gasteiger charge is -2.19. The molecule has 0 radical (unpaired) electrons. The molecule has 2 amide bonds. The largest absolute Gasteiger partial charge is 0.490 e. The van der Waals surface area contributed by atoms with Gasteiger partial charge < -0.3 is 20.5 Å². The number of aromatic nitrogens is 1. The number of carbonyl (C=O) groups is 2. The molecule has 0 spiro atoms. The standard InChI is InChI=1S/C17H26N4O4/c1-21-8-3-4-15(21)13-10-14(12-18-11-13)25-9-7-19-16(22)5-2-6-20-17(23)24/h10-12,15,20H,2-9H2,1H3,(H,19,22)(H,23,24)/t15-/m0/s1.